The summed E-state index contributed by atoms with van der Waals surface area (Å²) in [4.78, 5) is 1.32. The van der Waals surface area contributed by atoms with Crippen LogP contribution in [0.3, 0.4) is 0 Å². The van der Waals surface area contributed by atoms with Gasteiger partial charge >= 0.3 is 0 Å². The van der Waals surface area contributed by atoms with Crippen molar-refractivity contribution in [3.63, 3.8) is 0 Å². The van der Waals surface area contributed by atoms with Crippen LogP contribution in [0, 0.1) is 6.92 Å². The largest absolute Gasteiger partial charge is 0.146 e. The number of halogens is 3. The number of rotatable bonds is 2. The average Bonchev–Trinajstić information content (AvgIpc) is 2.67. The first kappa shape index (κ1) is 12.6. The number of aryl methyl sites for hydroxylation is 1. The van der Waals surface area contributed by atoms with Crippen LogP contribution < -0.4 is 0 Å². The minimum Gasteiger partial charge on any atom is -0.146 e. The zero-order valence-electron chi connectivity index (χ0n) is 8.51. The van der Waals surface area contributed by atoms with Gasteiger partial charge in [-0.05, 0) is 41.6 Å². The Bertz CT molecular complexity index is 507. The van der Waals surface area contributed by atoms with Gasteiger partial charge < -0.3 is 0 Å². The molecule has 1 aromatic carbocycles. The second-order valence-corrected chi connectivity index (χ2v) is 6.68. The second kappa shape index (κ2) is 5.21. The summed E-state index contributed by atoms with van der Waals surface area (Å²) in [6.07, 6.45) is 0. The van der Waals surface area contributed by atoms with E-state index >= 15 is 0 Å². The highest BCUT2D eigenvalue weighted by Crippen LogP contribution is 2.40. The molecule has 84 valence electrons. The smallest absolute Gasteiger partial charge is 0.0755 e. The molecule has 0 amide bonds. The van der Waals surface area contributed by atoms with Gasteiger partial charge in [-0.15, -0.1) is 11.3 Å². The van der Waals surface area contributed by atoms with Crippen LogP contribution in [0.5, 0.6) is 0 Å². The molecular weight excluding hydrogens is 371 g/mol. The summed E-state index contributed by atoms with van der Waals surface area (Å²) >= 11 is 15.0. The van der Waals surface area contributed by atoms with E-state index in [1.54, 1.807) is 11.3 Å². The monoisotopic (exact) mass is 378 g/mol. The predicted molar refractivity (Wildman–Crippen MR) is 79.0 cm³/mol. The summed E-state index contributed by atoms with van der Waals surface area (Å²) in [6, 6.07) is 8.22. The molecule has 4 heteroatoms. The van der Waals surface area contributed by atoms with Crippen molar-refractivity contribution in [2.45, 2.75) is 11.8 Å². The maximum atomic E-state index is 6.15. The van der Waals surface area contributed by atoms with Gasteiger partial charge in [-0.25, -0.2) is 0 Å². The molecule has 0 nitrogen and oxygen atoms in total. The van der Waals surface area contributed by atoms with Crippen LogP contribution in [0.4, 0.5) is 0 Å². The van der Waals surface area contributed by atoms with Gasteiger partial charge in [0.1, 0.15) is 0 Å². The number of thiophene rings is 1. The zero-order valence-corrected chi connectivity index (χ0v) is 13.3. The minimum atomic E-state index is 0.164. The topological polar surface area (TPSA) is 0 Å². The molecule has 0 spiro atoms. The van der Waals surface area contributed by atoms with Crippen LogP contribution in [-0.2, 0) is 0 Å². The number of benzene rings is 1. The minimum absolute atomic E-state index is 0.164. The van der Waals surface area contributed by atoms with Gasteiger partial charge in [-0.1, -0.05) is 49.5 Å². The molecular formula is C12H9Br2ClS. The van der Waals surface area contributed by atoms with Crippen molar-refractivity contribution in [1.82, 2.24) is 0 Å². The highest BCUT2D eigenvalue weighted by atomic mass is 79.9. The van der Waals surface area contributed by atoms with Gasteiger partial charge in [-0.3, -0.25) is 0 Å². The Morgan fingerprint density at radius 1 is 1.31 bits per heavy atom. The Hall–Kier alpha value is 0.170. The average molecular weight is 381 g/mol. The Morgan fingerprint density at radius 3 is 2.69 bits per heavy atom. The van der Waals surface area contributed by atoms with Crippen LogP contribution in [0.2, 0.25) is 5.02 Å². The molecule has 0 aliphatic carbocycles. The zero-order chi connectivity index (χ0) is 11.7. The number of hydrogen-bond acceptors (Lipinski definition) is 1. The molecule has 2 rings (SSSR count). The molecule has 0 saturated heterocycles. The van der Waals surface area contributed by atoms with E-state index in [1.807, 2.05) is 11.4 Å². The van der Waals surface area contributed by atoms with E-state index in [1.165, 1.54) is 11.1 Å². The standard InChI is InChI=1S/C12H9Br2ClS/c1-7-2-3-8(13)6-9(7)11(14)12-10(15)4-5-16-12/h2-6,11H,1H3. The van der Waals surface area contributed by atoms with Crippen molar-refractivity contribution in [2.75, 3.05) is 0 Å². The van der Waals surface area contributed by atoms with E-state index in [2.05, 4.69) is 57.0 Å². The summed E-state index contributed by atoms with van der Waals surface area (Å²) in [6.45, 7) is 2.11. The molecule has 1 unspecified atom stereocenters. The Labute approximate surface area is 121 Å². The van der Waals surface area contributed by atoms with Gasteiger partial charge in [0.15, 0.2) is 0 Å². The summed E-state index contributed by atoms with van der Waals surface area (Å²) in [7, 11) is 0. The van der Waals surface area contributed by atoms with E-state index in [9.17, 15) is 0 Å². The first-order valence-corrected chi connectivity index (χ1v) is 7.69. The third-order valence-electron chi connectivity index (χ3n) is 2.39. The molecule has 0 saturated carbocycles. The highest BCUT2D eigenvalue weighted by Gasteiger charge is 2.17. The molecule has 0 N–H and O–H groups in total. The molecule has 0 aliphatic rings. The van der Waals surface area contributed by atoms with Crippen molar-refractivity contribution in [3.8, 4) is 0 Å². The molecule has 0 radical (unpaired) electrons. The maximum absolute atomic E-state index is 6.15. The summed E-state index contributed by atoms with van der Waals surface area (Å²) in [5, 5.41) is 2.84. The van der Waals surface area contributed by atoms with Crippen LogP contribution in [-0.4, -0.2) is 0 Å². The van der Waals surface area contributed by atoms with E-state index in [-0.39, 0.29) is 4.83 Å². The normalized spacial score (nSPS) is 12.8. The van der Waals surface area contributed by atoms with Crippen LogP contribution >= 0.6 is 54.8 Å². The molecule has 2 aromatic rings. The molecule has 1 heterocycles. The van der Waals surface area contributed by atoms with Crippen molar-refractivity contribution in [2.24, 2.45) is 0 Å². The summed E-state index contributed by atoms with van der Waals surface area (Å²) in [5.41, 5.74) is 2.51. The third kappa shape index (κ3) is 2.53. The van der Waals surface area contributed by atoms with Crippen molar-refractivity contribution >= 4 is 54.8 Å². The maximum Gasteiger partial charge on any atom is 0.0755 e. The Balaban J connectivity index is 2.45. The van der Waals surface area contributed by atoms with Crippen LogP contribution in [0.25, 0.3) is 0 Å². The summed E-state index contributed by atoms with van der Waals surface area (Å²) in [5.74, 6) is 0. The lowest BCUT2D eigenvalue weighted by Crippen LogP contribution is -1.94. The molecule has 1 aromatic heterocycles. The summed E-state index contributed by atoms with van der Waals surface area (Å²) < 4.78 is 1.09. The van der Waals surface area contributed by atoms with Gasteiger partial charge in [0, 0.05) is 9.35 Å². The Kier molecular flexibility index (Phi) is 4.11. The molecule has 0 aliphatic heterocycles. The van der Waals surface area contributed by atoms with E-state index < -0.39 is 0 Å². The van der Waals surface area contributed by atoms with Gasteiger partial charge in [0.2, 0.25) is 0 Å². The van der Waals surface area contributed by atoms with Gasteiger partial charge in [0.05, 0.1) is 9.85 Å². The SMILES string of the molecule is Cc1ccc(Br)cc1C(Br)c1sccc1Cl. The van der Waals surface area contributed by atoms with Crippen LogP contribution in [0.1, 0.15) is 20.8 Å². The van der Waals surface area contributed by atoms with Crippen molar-refractivity contribution < 1.29 is 0 Å². The molecule has 16 heavy (non-hydrogen) atoms. The quantitative estimate of drug-likeness (QED) is 0.564. The fourth-order valence-corrected chi connectivity index (χ4v) is 4.24. The number of hydrogen-bond donors (Lipinski definition) is 0. The van der Waals surface area contributed by atoms with Gasteiger partial charge in [0.25, 0.3) is 0 Å². The third-order valence-corrected chi connectivity index (χ3v) is 5.56. The lowest BCUT2D eigenvalue weighted by Gasteiger charge is -2.12. The lowest BCUT2D eigenvalue weighted by molar-refractivity contribution is 1.17. The highest BCUT2D eigenvalue weighted by molar-refractivity contribution is 9.10. The molecule has 0 fully saturated rings. The molecule has 1 atom stereocenters. The first-order valence-electron chi connectivity index (χ1n) is 4.72. The van der Waals surface area contributed by atoms with Crippen LogP contribution in [0.15, 0.2) is 34.1 Å². The number of alkyl halides is 1. The van der Waals surface area contributed by atoms with Crippen molar-refractivity contribution in [3.05, 3.63) is 55.1 Å². The second-order valence-electron chi connectivity index (χ2n) is 3.50. The van der Waals surface area contributed by atoms with Gasteiger partial charge in [-0.2, -0.15) is 0 Å². The molecule has 0 bridgehead atoms. The van der Waals surface area contributed by atoms with E-state index in [0.717, 1.165) is 14.4 Å². The lowest BCUT2D eigenvalue weighted by atomic mass is 10.1. The predicted octanol–water partition coefficient (Wildman–Crippen LogP) is 5.96. The Morgan fingerprint density at radius 2 is 2.06 bits per heavy atom. The fraction of sp³-hybridized carbons (Fsp3) is 0.167. The van der Waals surface area contributed by atoms with E-state index in [4.69, 9.17) is 11.6 Å². The van der Waals surface area contributed by atoms with E-state index in [0.29, 0.717) is 0 Å². The van der Waals surface area contributed by atoms with Crippen molar-refractivity contribution in [1.29, 1.82) is 0 Å². The first-order chi connectivity index (χ1) is 7.59. The fourth-order valence-electron chi connectivity index (χ4n) is 1.51.